The normalized spacial score (nSPS) is 12.7. The van der Waals surface area contributed by atoms with Gasteiger partial charge in [0, 0.05) is 0 Å². The van der Waals surface area contributed by atoms with Gasteiger partial charge in [-0.3, -0.25) is 14.5 Å². The summed E-state index contributed by atoms with van der Waals surface area (Å²) in [5.74, 6) is -0.556. The monoisotopic (exact) mass is 721 g/mol. The van der Waals surface area contributed by atoms with E-state index in [0.717, 1.165) is 5.56 Å². The highest BCUT2D eigenvalue weighted by Gasteiger charge is 2.34. The minimum atomic E-state index is -0.278. The Morgan fingerprint density at radius 3 is 0.941 bits per heavy atom. The number of carbonyl (C=O) groups is 2. The highest BCUT2D eigenvalue weighted by atomic mass is 16.6. The maximum absolute atomic E-state index is 12.3. The summed E-state index contributed by atoms with van der Waals surface area (Å²) in [4.78, 5) is 25.8. The summed E-state index contributed by atoms with van der Waals surface area (Å²) in [6.45, 7) is 10.7. The Morgan fingerprint density at radius 1 is 0.333 bits per heavy atom. The van der Waals surface area contributed by atoms with Crippen molar-refractivity contribution < 1.29 is 61.7 Å². The minimum absolute atomic E-state index is 0.214. The SMILES string of the molecule is O=C1c2ccccc2C(=O)N1CCOCCOCCOCCOCCOCCOCCOCCOCCOCCOCCOCc1ccccc1. The second-order valence-electron chi connectivity index (χ2n) is 11.0. The molecule has 0 unspecified atom stereocenters. The fraction of sp³-hybridized carbons (Fsp3) is 0.622. The summed E-state index contributed by atoms with van der Waals surface area (Å²) in [6.07, 6.45) is 0. The lowest BCUT2D eigenvalue weighted by Crippen LogP contribution is -2.33. The molecule has 0 spiro atoms. The van der Waals surface area contributed by atoms with Gasteiger partial charge in [0.1, 0.15) is 0 Å². The van der Waals surface area contributed by atoms with Crippen molar-refractivity contribution >= 4 is 11.8 Å². The van der Waals surface area contributed by atoms with Crippen LogP contribution in [-0.4, -0.2) is 162 Å². The zero-order valence-electron chi connectivity index (χ0n) is 29.7. The molecule has 0 radical (unpaired) electrons. The third-order valence-electron chi connectivity index (χ3n) is 7.17. The molecule has 0 atom stereocenters. The molecule has 3 rings (SSSR count). The predicted molar refractivity (Wildman–Crippen MR) is 186 cm³/mol. The molecular weight excluding hydrogens is 666 g/mol. The van der Waals surface area contributed by atoms with Gasteiger partial charge in [-0.1, -0.05) is 42.5 Å². The first kappa shape index (κ1) is 42.6. The number of imide groups is 1. The maximum atomic E-state index is 12.3. The van der Waals surface area contributed by atoms with Gasteiger partial charge < -0.3 is 52.1 Å². The molecule has 0 saturated heterocycles. The van der Waals surface area contributed by atoms with Crippen LogP contribution in [0.15, 0.2) is 54.6 Å². The van der Waals surface area contributed by atoms with Gasteiger partial charge in [-0.2, -0.15) is 0 Å². The lowest BCUT2D eigenvalue weighted by Gasteiger charge is -2.13. The van der Waals surface area contributed by atoms with Gasteiger partial charge in [-0.25, -0.2) is 0 Å². The molecule has 2 aromatic carbocycles. The van der Waals surface area contributed by atoms with Gasteiger partial charge in [-0.05, 0) is 17.7 Å². The van der Waals surface area contributed by atoms with Crippen LogP contribution in [0.25, 0.3) is 0 Å². The van der Waals surface area contributed by atoms with E-state index >= 15 is 0 Å². The van der Waals surface area contributed by atoms with Crippen molar-refractivity contribution in [3.05, 3.63) is 71.3 Å². The topological polar surface area (TPSA) is 139 Å². The van der Waals surface area contributed by atoms with E-state index < -0.39 is 0 Å². The van der Waals surface area contributed by atoms with Crippen molar-refractivity contribution in [2.24, 2.45) is 0 Å². The second kappa shape index (κ2) is 29.7. The van der Waals surface area contributed by atoms with E-state index in [9.17, 15) is 9.59 Å². The number of carbonyl (C=O) groups excluding carboxylic acids is 2. The number of benzene rings is 2. The van der Waals surface area contributed by atoms with Gasteiger partial charge in [0.15, 0.2) is 0 Å². The number of rotatable bonds is 35. The lowest BCUT2D eigenvalue weighted by molar-refractivity contribution is -0.0278. The van der Waals surface area contributed by atoms with Gasteiger partial charge >= 0.3 is 0 Å². The van der Waals surface area contributed by atoms with Crippen LogP contribution in [0, 0.1) is 0 Å². The van der Waals surface area contributed by atoms with E-state index in [-0.39, 0.29) is 25.0 Å². The van der Waals surface area contributed by atoms with Crippen molar-refractivity contribution in [1.29, 1.82) is 0 Å². The molecule has 0 N–H and O–H groups in total. The van der Waals surface area contributed by atoms with E-state index in [0.29, 0.717) is 150 Å². The van der Waals surface area contributed by atoms with Gasteiger partial charge in [-0.15, -0.1) is 0 Å². The Morgan fingerprint density at radius 2 is 0.608 bits per heavy atom. The zero-order chi connectivity index (χ0) is 35.9. The Hall–Kier alpha value is -2.86. The highest BCUT2D eigenvalue weighted by molar-refractivity contribution is 6.21. The lowest BCUT2D eigenvalue weighted by atomic mass is 10.1. The molecule has 0 fully saturated rings. The van der Waals surface area contributed by atoms with Crippen LogP contribution in [0.5, 0.6) is 0 Å². The first-order valence-electron chi connectivity index (χ1n) is 17.6. The van der Waals surface area contributed by atoms with E-state index in [1.54, 1.807) is 24.3 Å². The summed E-state index contributed by atoms with van der Waals surface area (Å²) in [7, 11) is 0. The van der Waals surface area contributed by atoms with Crippen molar-refractivity contribution in [2.75, 3.05) is 145 Å². The average Bonchev–Trinajstić information content (AvgIpc) is 3.40. The van der Waals surface area contributed by atoms with Crippen molar-refractivity contribution in [3.63, 3.8) is 0 Å². The number of nitrogens with zero attached hydrogens (tertiary/aromatic N) is 1. The van der Waals surface area contributed by atoms with Gasteiger partial charge in [0.05, 0.1) is 163 Å². The van der Waals surface area contributed by atoms with E-state index in [1.165, 1.54) is 4.90 Å². The maximum Gasteiger partial charge on any atom is 0.261 e. The molecule has 14 nitrogen and oxygen atoms in total. The minimum Gasteiger partial charge on any atom is -0.377 e. The summed E-state index contributed by atoms with van der Waals surface area (Å²) >= 11 is 0. The third-order valence-corrected chi connectivity index (χ3v) is 7.17. The van der Waals surface area contributed by atoms with Crippen LogP contribution in [0.4, 0.5) is 0 Å². The first-order valence-corrected chi connectivity index (χ1v) is 17.6. The Bertz CT molecular complexity index is 1120. The van der Waals surface area contributed by atoms with Crippen molar-refractivity contribution in [2.45, 2.75) is 6.61 Å². The van der Waals surface area contributed by atoms with Crippen molar-refractivity contribution in [3.8, 4) is 0 Å². The van der Waals surface area contributed by atoms with Crippen LogP contribution in [0.3, 0.4) is 0 Å². The Balaban J connectivity index is 0.912. The highest BCUT2D eigenvalue weighted by Crippen LogP contribution is 2.21. The number of hydrogen-bond donors (Lipinski definition) is 0. The van der Waals surface area contributed by atoms with Crippen LogP contribution in [-0.2, 0) is 58.7 Å². The van der Waals surface area contributed by atoms with Crippen molar-refractivity contribution in [1.82, 2.24) is 4.90 Å². The number of hydrogen-bond acceptors (Lipinski definition) is 13. The molecular formula is C37H55NO13. The van der Waals surface area contributed by atoms with E-state index in [2.05, 4.69) is 0 Å². The molecule has 1 heterocycles. The van der Waals surface area contributed by atoms with Crippen LogP contribution < -0.4 is 0 Å². The Kier molecular flexibility index (Phi) is 24.8. The summed E-state index contributed by atoms with van der Waals surface area (Å²) in [5.41, 5.74) is 2.04. The number of fused-ring (bicyclic) bond motifs is 1. The molecule has 0 bridgehead atoms. The predicted octanol–water partition coefficient (Wildman–Crippen LogP) is 2.67. The molecule has 0 saturated carbocycles. The number of amides is 2. The van der Waals surface area contributed by atoms with Crippen LogP contribution in [0.1, 0.15) is 26.3 Å². The van der Waals surface area contributed by atoms with Crippen LogP contribution in [0.2, 0.25) is 0 Å². The molecule has 2 amide bonds. The summed E-state index contributed by atoms with van der Waals surface area (Å²) < 4.78 is 60.4. The first-order chi connectivity index (χ1) is 25.3. The molecule has 14 heteroatoms. The smallest absolute Gasteiger partial charge is 0.261 e. The molecule has 0 aliphatic carbocycles. The average molecular weight is 722 g/mol. The summed E-state index contributed by atoms with van der Waals surface area (Å²) in [5, 5.41) is 0. The van der Waals surface area contributed by atoms with Crippen LogP contribution >= 0.6 is 0 Å². The second-order valence-corrected chi connectivity index (χ2v) is 11.0. The molecule has 2 aromatic rings. The van der Waals surface area contributed by atoms with Gasteiger partial charge in [0.2, 0.25) is 0 Å². The van der Waals surface area contributed by atoms with Gasteiger partial charge in [0.25, 0.3) is 11.8 Å². The zero-order valence-corrected chi connectivity index (χ0v) is 29.7. The van der Waals surface area contributed by atoms with E-state index in [4.69, 9.17) is 52.1 Å². The molecule has 51 heavy (non-hydrogen) atoms. The fourth-order valence-electron chi connectivity index (χ4n) is 4.56. The van der Waals surface area contributed by atoms with E-state index in [1.807, 2.05) is 30.3 Å². The Labute approximate surface area is 301 Å². The standard InChI is InChI=1S/C37H55NO13/c39-36-34-8-4-5-9-35(34)37(40)38(36)10-11-41-12-13-42-14-15-43-16-17-44-18-19-45-20-21-46-22-23-47-24-25-48-26-27-49-28-29-50-30-31-51-32-33-6-2-1-3-7-33/h1-9H,10-32H2. The summed E-state index contributed by atoms with van der Waals surface area (Å²) in [6, 6.07) is 16.9. The molecule has 1 aliphatic heterocycles. The largest absolute Gasteiger partial charge is 0.377 e. The molecule has 1 aliphatic rings. The third kappa shape index (κ3) is 20.1. The molecule has 286 valence electrons. The molecule has 0 aromatic heterocycles. The quantitative estimate of drug-likeness (QED) is 0.0763. The fourth-order valence-corrected chi connectivity index (χ4v) is 4.56. The number of ether oxygens (including phenoxy) is 11.